The van der Waals surface area contributed by atoms with Crippen molar-refractivity contribution >= 4 is 17.7 Å². The fourth-order valence-corrected chi connectivity index (χ4v) is 1.73. The molecule has 0 aliphatic carbocycles. The summed E-state index contributed by atoms with van der Waals surface area (Å²) in [7, 11) is 0. The summed E-state index contributed by atoms with van der Waals surface area (Å²) in [6.45, 7) is 5.78. The van der Waals surface area contributed by atoms with Crippen LogP contribution >= 0.6 is 0 Å². The zero-order valence-electron chi connectivity index (χ0n) is 10.4. The molecule has 1 rings (SSSR count). The van der Waals surface area contributed by atoms with Gasteiger partial charge in [0.2, 0.25) is 17.7 Å². The van der Waals surface area contributed by atoms with E-state index in [1.165, 1.54) is 4.90 Å². The van der Waals surface area contributed by atoms with Crippen molar-refractivity contribution in [1.29, 1.82) is 0 Å². The van der Waals surface area contributed by atoms with Crippen LogP contribution in [-0.2, 0) is 14.4 Å². The van der Waals surface area contributed by atoms with Crippen LogP contribution in [0.5, 0.6) is 0 Å². The highest BCUT2D eigenvalue weighted by atomic mass is 16.2. The number of hydrogen-bond donors (Lipinski definition) is 2. The summed E-state index contributed by atoms with van der Waals surface area (Å²) in [6.07, 6.45) is 0.506. The van der Waals surface area contributed by atoms with Crippen molar-refractivity contribution in [3.8, 4) is 0 Å². The van der Waals surface area contributed by atoms with Gasteiger partial charge in [-0.05, 0) is 6.42 Å². The molecule has 2 N–H and O–H groups in total. The molecule has 96 valence electrons. The maximum absolute atomic E-state index is 11.9. The summed E-state index contributed by atoms with van der Waals surface area (Å²) in [5.41, 5.74) is 0. The number of rotatable bonds is 4. The molecule has 6 heteroatoms. The van der Waals surface area contributed by atoms with E-state index in [1.807, 2.05) is 20.8 Å². The summed E-state index contributed by atoms with van der Waals surface area (Å²) in [6, 6.07) is -0.345. The molecule has 1 saturated heterocycles. The van der Waals surface area contributed by atoms with Gasteiger partial charge in [0.1, 0.15) is 12.6 Å². The van der Waals surface area contributed by atoms with Gasteiger partial charge in [0.25, 0.3) is 0 Å². The topological polar surface area (TPSA) is 78.5 Å². The summed E-state index contributed by atoms with van der Waals surface area (Å²) in [4.78, 5) is 36.0. The molecule has 0 saturated carbocycles. The van der Waals surface area contributed by atoms with E-state index in [4.69, 9.17) is 0 Å². The van der Waals surface area contributed by atoms with Crippen LogP contribution in [-0.4, -0.2) is 47.8 Å². The van der Waals surface area contributed by atoms with Crippen molar-refractivity contribution in [1.82, 2.24) is 15.5 Å². The third kappa shape index (κ3) is 3.52. The van der Waals surface area contributed by atoms with Crippen LogP contribution in [0.1, 0.15) is 27.2 Å². The molecule has 17 heavy (non-hydrogen) atoms. The molecule has 0 radical (unpaired) electrons. The molecule has 3 amide bonds. The third-order valence-electron chi connectivity index (χ3n) is 2.62. The summed E-state index contributed by atoms with van der Waals surface area (Å²) in [5.74, 6) is -1.02. The Labute approximate surface area is 101 Å². The maximum atomic E-state index is 11.9. The van der Waals surface area contributed by atoms with Gasteiger partial charge in [-0.1, -0.05) is 20.8 Å². The Morgan fingerprint density at radius 1 is 1.53 bits per heavy atom. The number of hydrogen-bond acceptors (Lipinski definition) is 4. The predicted octanol–water partition coefficient (Wildman–Crippen LogP) is -0.752. The van der Waals surface area contributed by atoms with Crippen LogP contribution in [0.4, 0.5) is 0 Å². The smallest absolute Gasteiger partial charge is 0.249 e. The third-order valence-corrected chi connectivity index (χ3v) is 2.62. The van der Waals surface area contributed by atoms with E-state index in [0.29, 0.717) is 6.42 Å². The van der Waals surface area contributed by atoms with Gasteiger partial charge in [0.15, 0.2) is 0 Å². The lowest BCUT2D eigenvalue weighted by Gasteiger charge is -2.33. The lowest BCUT2D eigenvalue weighted by molar-refractivity contribution is -0.149. The summed E-state index contributed by atoms with van der Waals surface area (Å²) >= 11 is 0. The van der Waals surface area contributed by atoms with Crippen molar-refractivity contribution in [2.45, 2.75) is 39.3 Å². The normalized spacial score (nSPS) is 20.7. The van der Waals surface area contributed by atoms with Gasteiger partial charge in [0.05, 0.1) is 6.54 Å². The number of nitrogens with one attached hydrogen (secondary N) is 2. The summed E-state index contributed by atoms with van der Waals surface area (Å²) < 4.78 is 0. The van der Waals surface area contributed by atoms with E-state index in [9.17, 15) is 14.4 Å². The highest BCUT2D eigenvalue weighted by Crippen LogP contribution is 2.09. The molecule has 1 aliphatic heterocycles. The summed E-state index contributed by atoms with van der Waals surface area (Å²) in [5, 5.41) is 5.22. The van der Waals surface area contributed by atoms with Gasteiger partial charge >= 0.3 is 0 Å². The molecule has 1 heterocycles. The quantitative estimate of drug-likeness (QED) is 0.635. The lowest BCUT2D eigenvalue weighted by atomic mass is 10.1. The Hall–Kier alpha value is -1.43. The van der Waals surface area contributed by atoms with E-state index in [1.54, 1.807) is 0 Å². The van der Waals surface area contributed by atoms with Crippen molar-refractivity contribution in [2.75, 3.05) is 13.1 Å². The SMILES string of the molecule is CCC1C(=O)NC(=O)CN1C(=O)CNC(C)C. The Kier molecular flexibility index (Phi) is 4.62. The van der Waals surface area contributed by atoms with Gasteiger partial charge in [-0.2, -0.15) is 0 Å². The van der Waals surface area contributed by atoms with Crippen LogP contribution in [0.3, 0.4) is 0 Å². The van der Waals surface area contributed by atoms with E-state index in [0.717, 1.165) is 0 Å². The minimum absolute atomic E-state index is 0.0388. The lowest BCUT2D eigenvalue weighted by Crippen LogP contribution is -2.60. The minimum Gasteiger partial charge on any atom is -0.320 e. The van der Waals surface area contributed by atoms with Crippen molar-refractivity contribution in [2.24, 2.45) is 0 Å². The van der Waals surface area contributed by atoms with Crippen LogP contribution in [0.15, 0.2) is 0 Å². The molecule has 0 spiro atoms. The molecular weight excluding hydrogens is 222 g/mol. The highest BCUT2D eigenvalue weighted by Gasteiger charge is 2.35. The van der Waals surface area contributed by atoms with E-state index < -0.39 is 11.9 Å². The van der Waals surface area contributed by atoms with Gasteiger partial charge in [-0.15, -0.1) is 0 Å². The monoisotopic (exact) mass is 241 g/mol. The number of piperazine rings is 1. The second-order valence-electron chi connectivity index (χ2n) is 4.39. The van der Waals surface area contributed by atoms with Crippen molar-refractivity contribution < 1.29 is 14.4 Å². The number of carbonyl (C=O) groups is 3. The zero-order valence-corrected chi connectivity index (χ0v) is 10.4. The fourth-order valence-electron chi connectivity index (χ4n) is 1.73. The molecule has 1 atom stereocenters. The molecular formula is C11H19N3O3. The minimum atomic E-state index is -0.533. The largest absolute Gasteiger partial charge is 0.320 e. The number of carbonyl (C=O) groups excluding carboxylic acids is 3. The zero-order chi connectivity index (χ0) is 13.0. The molecule has 0 bridgehead atoms. The van der Waals surface area contributed by atoms with Gasteiger partial charge in [-0.25, -0.2) is 0 Å². The average molecular weight is 241 g/mol. The molecule has 0 aromatic heterocycles. The van der Waals surface area contributed by atoms with Gasteiger partial charge < -0.3 is 10.2 Å². The number of nitrogens with zero attached hydrogens (tertiary/aromatic N) is 1. The Morgan fingerprint density at radius 2 is 2.18 bits per heavy atom. The Balaban J connectivity index is 2.67. The molecule has 1 fully saturated rings. The molecule has 1 aliphatic rings. The second kappa shape index (κ2) is 5.77. The van der Waals surface area contributed by atoms with Crippen molar-refractivity contribution in [3.63, 3.8) is 0 Å². The molecule has 1 unspecified atom stereocenters. The van der Waals surface area contributed by atoms with E-state index in [-0.39, 0.29) is 30.9 Å². The van der Waals surface area contributed by atoms with Crippen LogP contribution in [0, 0.1) is 0 Å². The number of amides is 3. The first-order chi connectivity index (χ1) is 7.95. The van der Waals surface area contributed by atoms with Gasteiger partial charge in [-0.3, -0.25) is 19.7 Å². The van der Waals surface area contributed by atoms with E-state index >= 15 is 0 Å². The fraction of sp³-hybridized carbons (Fsp3) is 0.727. The second-order valence-corrected chi connectivity index (χ2v) is 4.39. The first kappa shape index (κ1) is 13.6. The Bertz CT molecular complexity index is 328. The Morgan fingerprint density at radius 3 is 2.71 bits per heavy atom. The first-order valence-corrected chi connectivity index (χ1v) is 5.82. The maximum Gasteiger partial charge on any atom is 0.249 e. The van der Waals surface area contributed by atoms with E-state index in [2.05, 4.69) is 10.6 Å². The van der Waals surface area contributed by atoms with Crippen LogP contribution in [0.25, 0.3) is 0 Å². The van der Waals surface area contributed by atoms with Crippen molar-refractivity contribution in [3.05, 3.63) is 0 Å². The predicted molar refractivity (Wildman–Crippen MR) is 62.1 cm³/mol. The number of imide groups is 1. The molecule has 0 aromatic rings. The van der Waals surface area contributed by atoms with Crippen LogP contribution in [0.2, 0.25) is 0 Å². The molecule has 0 aromatic carbocycles. The standard InChI is InChI=1S/C11H19N3O3/c1-4-8-11(17)13-9(15)6-14(8)10(16)5-12-7(2)3/h7-8,12H,4-6H2,1-3H3,(H,13,15,17). The first-order valence-electron chi connectivity index (χ1n) is 5.82. The average Bonchev–Trinajstić information content (AvgIpc) is 2.24. The van der Waals surface area contributed by atoms with Gasteiger partial charge in [0, 0.05) is 6.04 Å². The van der Waals surface area contributed by atoms with Crippen LogP contribution < -0.4 is 10.6 Å². The highest BCUT2D eigenvalue weighted by molar-refractivity contribution is 6.04. The molecule has 6 nitrogen and oxygen atoms in total.